The highest BCUT2D eigenvalue weighted by atomic mass is 15.1. The maximum Gasteiger partial charge on any atom is 0.0622 e. The summed E-state index contributed by atoms with van der Waals surface area (Å²) >= 11 is 0. The second-order valence-electron chi connectivity index (χ2n) is 21.6. The molecule has 0 radical (unpaired) electrons. The summed E-state index contributed by atoms with van der Waals surface area (Å²) in [6.07, 6.45) is 0. The van der Waals surface area contributed by atoms with Crippen LogP contribution in [0.2, 0.25) is 0 Å². The molecule has 11 aromatic rings. The second-order valence-corrected chi connectivity index (χ2v) is 21.6. The van der Waals surface area contributed by atoms with Gasteiger partial charge in [0, 0.05) is 55.7 Å². The summed E-state index contributed by atoms with van der Waals surface area (Å²) in [4.78, 5) is 4.91. The number of nitrogens with zero attached hydrogens (tertiary/aromatic N) is 3. The lowest BCUT2D eigenvalue weighted by molar-refractivity contribution is 0.866. The number of para-hydroxylation sites is 1. The monoisotopic (exact) mass is 938 g/mol. The van der Waals surface area contributed by atoms with Crippen molar-refractivity contribution in [3.8, 4) is 22.3 Å². The van der Waals surface area contributed by atoms with Gasteiger partial charge in [0.25, 0.3) is 0 Å². The van der Waals surface area contributed by atoms with E-state index in [2.05, 4.69) is 272 Å². The minimum atomic E-state index is 0.443. The topological polar surface area (TPSA) is 10.9 Å². The van der Waals surface area contributed by atoms with Gasteiger partial charge < -0.3 is 14.2 Å². The molecule has 9 aromatic carbocycles. The van der Waals surface area contributed by atoms with Crippen molar-refractivity contribution in [3.63, 3.8) is 0 Å². The third-order valence-corrected chi connectivity index (χ3v) is 15.5. The largest absolute Gasteiger partial charge is 0.310 e. The Morgan fingerprint density at radius 3 is 1.17 bits per heavy atom. The minimum absolute atomic E-state index is 0.443. The number of fused-ring (bicyclic) bond motifs is 6. The molecule has 0 amide bonds. The summed E-state index contributed by atoms with van der Waals surface area (Å²) in [6, 6.07) is 69.4. The third-order valence-electron chi connectivity index (χ3n) is 15.5. The number of aromatic nitrogens is 1. The zero-order valence-corrected chi connectivity index (χ0v) is 44.0. The van der Waals surface area contributed by atoms with Crippen LogP contribution in [-0.4, -0.2) is 4.40 Å². The highest BCUT2D eigenvalue weighted by Gasteiger charge is 2.25. The maximum absolute atomic E-state index is 2.54. The number of rotatable bonds is 12. The molecule has 0 fully saturated rings. The van der Waals surface area contributed by atoms with Crippen molar-refractivity contribution in [2.45, 2.75) is 99.8 Å². The Morgan fingerprint density at radius 1 is 0.306 bits per heavy atom. The van der Waals surface area contributed by atoms with Crippen molar-refractivity contribution in [1.29, 1.82) is 0 Å². The van der Waals surface area contributed by atoms with Crippen LogP contribution in [0.3, 0.4) is 0 Å². The van der Waals surface area contributed by atoms with E-state index >= 15 is 0 Å². The molecule has 0 aliphatic heterocycles. The van der Waals surface area contributed by atoms with E-state index < -0.39 is 0 Å². The first-order chi connectivity index (χ1) is 34.7. The molecule has 0 atom stereocenters. The second kappa shape index (κ2) is 18.5. The van der Waals surface area contributed by atoms with Crippen molar-refractivity contribution in [1.82, 2.24) is 4.40 Å². The number of aryl methyl sites for hydroxylation is 2. The Labute approximate surface area is 427 Å². The van der Waals surface area contributed by atoms with E-state index in [-0.39, 0.29) is 0 Å². The quantitative estimate of drug-likeness (QED) is 0.121. The van der Waals surface area contributed by atoms with Crippen molar-refractivity contribution >= 4 is 72.2 Å². The molecule has 3 nitrogen and oxygen atoms in total. The van der Waals surface area contributed by atoms with Crippen molar-refractivity contribution < 1.29 is 0 Å². The van der Waals surface area contributed by atoms with Crippen molar-refractivity contribution in [2.24, 2.45) is 0 Å². The van der Waals surface area contributed by atoms with Crippen LogP contribution in [0, 0.1) is 20.8 Å². The zero-order valence-electron chi connectivity index (χ0n) is 44.0. The average molecular weight is 938 g/mol. The molecule has 0 unspecified atom stereocenters. The van der Waals surface area contributed by atoms with Gasteiger partial charge in [-0.3, -0.25) is 0 Å². The minimum Gasteiger partial charge on any atom is -0.310 e. The van der Waals surface area contributed by atoms with Crippen LogP contribution < -0.4 is 9.80 Å². The summed E-state index contributed by atoms with van der Waals surface area (Å²) < 4.78 is 2.54. The highest BCUT2D eigenvalue weighted by Crippen LogP contribution is 2.48. The van der Waals surface area contributed by atoms with Crippen LogP contribution in [0.15, 0.2) is 182 Å². The number of hydrogen-bond donors (Lipinski definition) is 0. The molecule has 72 heavy (non-hydrogen) atoms. The van der Waals surface area contributed by atoms with Gasteiger partial charge in [0.05, 0.1) is 16.6 Å². The van der Waals surface area contributed by atoms with E-state index in [9.17, 15) is 0 Å². The summed E-state index contributed by atoms with van der Waals surface area (Å²) in [7, 11) is 0. The van der Waals surface area contributed by atoms with E-state index in [1.807, 2.05) is 0 Å². The Hall–Kier alpha value is -7.62. The molecular formula is C69H67N3. The SMILES string of the molecule is Cc1ccccc1-c1cc(N(c2ccc(C(C)C)cc2)c2ccc(C(C)C)cc2)cc(-c2cc3c(cc2C)c2cc(N(c4ccc(C(C)C)cc4)c4ccc(C(C)C)cc4)cc4c5ccccc5n3c42)c1C. The fraction of sp³-hybridized carbons (Fsp3) is 0.217. The van der Waals surface area contributed by atoms with E-state index in [1.54, 1.807) is 0 Å². The summed E-state index contributed by atoms with van der Waals surface area (Å²) in [6.45, 7) is 25.0. The first-order valence-electron chi connectivity index (χ1n) is 26.2. The fourth-order valence-corrected chi connectivity index (χ4v) is 11.2. The summed E-state index contributed by atoms with van der Waals surface area (Å²) in [5, 5.41) is 5.05. The predicted octanol–water partition coefficient (Wildman–Crippen LogP) is 20.5. The average Bonchev–Trinajstić information content (AvgIpc) is 3.88. The Kier molecular flexibility index (Phi) is 12.0. The standard InChI is InChI=1S/C69H67N3/c1-42(2)49-20-28-53(29-21-49)70(54-30-22-50(23-31-54)43(3)4)57-37-62(59-17-13-12-16-46(59)9)48(11)63(38-57)61-41-68-64(36-47(61)10)66-40-58(39-65-60-18-14-15-19-67(60)72(68)69(65)66)71(55-32-24-51(25-33-55)44(5)6)56-34-26-52(27-35-56)45(7)8/h12-45H,1-11H3. The molecule has 0 saturated carbocycles. The van der Waals surface area contributed by atoms with Crippen molar-refractivity contribution in [2.75, 3.05) is 9.80 Å². The molecule has 3 heteroatoms. The number of benzene rings is 9. The van der Waals surface area contributed by atoms with Crippen molar-refractivity contribution in [3.05, 3.63) is 221 Å². The Bertz CT molecular complexity index is 3650. The summed E-state index contributed by atoms with van der Waals surface area (Å²) in [5.74, 6) is 1.79. The summed E-state index contributed by atoms with van der Waals surface area (Å²) in [5.41, 5.74) is 24.7. The van der Waals surface area contributed by atoms with E-state index in [1.165, 1.54) is 99.3 Å². The molecule has 358 valence electrons. The molecule has 0 saturated heterocycles. The first-order valence-corrected chi connectivity index (χ1v) is 26.2. The predicted molar refractivity (Wildman–Crippen MR) is 312 cm³/mol. The molecular weight excluding hydrogens is 871 g/mol. The lowest BCUT2D eigenvalue weighted by Gasteiger charge is -2.29. The molecule has 0 bridgehead atoms. The van der Waals surface area contributed by atoms with Gasteiger partial charge in [-0.25, -0.2) is 0 Å². The third kappa shape index (κ3) is 8.10. The fourth-order valence-electron chi connectivity index (χ4n) is 11.2. The van der Waals surface area contributed by atoms with Gasteiger partial charge in [0.1, 0.15) is 0 Å². The van der Waals surface area contributed by atoms with E-state index in [0.717, 1.165) is 34.1 Å². The van der Waals surface area contributed by atoms with Gasteiger partial charge in [-0.05, 0) is 197 Å². The Morgan fingerprint density at radius 2 is 0.708 bits per heavy atom. The molecule has 11 rings (SSSR count). The molecule has 2 heterocycles. The van der Waals surface area contributed by atoms with Crippen LogP contribution in [0.5, 0.6) is 0 Å². The normalized spacial score (nSPS) is 12.0. The van der Waals surface area contributed by atoms with Crippen LogP contribution in [-0.2, 0) is 0 Å². The van der Waals surface area contributed by atoms with Crippen LogP contribution >= 0.6 is 0 Å². The zero-order chi connectivity index (χ0) is 50.1. The highest BCUT2D eigenvalue weighted by molar-refractivity contribution is 6.25. The number of anilines is 6. The van der Waals surface area contributed by atoms with Gasteiger partial charge in [0.15, 0.2) is 0 Å². The van der Waals surface area contributed by atoms with Crippen LogP contribution in [0.4, 0.5) is 34.1 Å². The molecule has 2 aromatic heterocycles. The maximum atomic E-state index is 2.54. The van der Waals surface area contributed by atoms with Gasteiger partial charge in [-0.15, -0.1) is 0 Å². The first kappa shape index (κ1) is 46.7. The Balaban J connectivity index is 1.16. The van der Waals surface area contributed by atoms with Gasteiger partial charge >= 0.3 is 0 Å². The van der Waals surface area contributed by atoms with E-state index in [0.29, 0.717) is 23.7 Å². The van der Waals surface area contributed by atoms with Gasteiger partial charge in [-0.1, -0.05) is 146 Å². The lowest BCUT2D eigenvalue weighted by Crippen LogP contribution is -2.11. The molecule has 0 N–H and O–H groups in total. The molecule has 0 aliphatic carbocycles. The number of hydrogen-bond acceptors (Lipinski definition) is 2. The van der Waals surface area contributed by atoms with Gasteiger partial charge in [0.2, 0.25) is 0 Å². The van der Waals surface area contributed by atoms with E-state index in [4.69, 9.17) is 0 Å². The van der Waals surface area contributed by atoms with Crippen LogP contribution in [0.25, 0.3) is 60.3 Å². The lowest BCUT2D eigenvalue weighted by atomic mass is 9.88. The smallest absolute Gasteiger partial charge is 0.0622 e. The molecule has 0 aliphatic rings. The molecule has 0 spiro atoms. The van der Waals surface area contributed by atoms with Crippen LogP contribution in [0.1, 0.15) is 118 Å². The van der Waals surface area contributed by atoms with Gasteiger partial charge in [-0.2, -0.15) is 0 Å².